The van der Waals surface area contributed by atoms with Crippen LogP contribution >= 0.6 is 0 Å². The molecule has 0 aromatic carbocycles. The maximum atomic E-state index is 12.5. The molecule has 0 spiro atoms. The van der Waals surface area contributed by atoms with Gasteiger partial charge in [-0.1, -0.05) is 27.2 Å². The number of hydrogen-bond donors (Lipinski definition) is 0. The number of hydrogen-bond acceptors (Lipinski definition) is 5. The Hall–Kier alpha value is -1.10. The molecular weight excluding hydrogens is 342 g/mol. The molecular formula is C22H33NO4. The number of ether oxygens (including phenoxy) is 2. The number of carbonyl (C=O) groups excluding carboxylic acids is 2. The van der Waals surface area contributed by atoms with E-state index in [1.165, 1.54) is 19.3 Å². The monoisotopic (exact) mass is 375 g/mol. The van der Waals surface area contributed by atoms with E-state index < -0.39 is 0 Å². The van der Waals surface area contributed by atoms with Gasteiger partial charge in [0.05, 0.1) is 11.8 Å². The molecule has 4 saturated heterocycles. The summed E-state index contributed by atoms with van der Waals surface area (Å²) in [6.07, 6.45) is 6.87. The van der Waals surface area contributed by atoms with Gasteiger partial charge in [-0.3, -0.25) is 14.5 Å². The number of esters is 2. The standard InChI is InChI=1S/C22H33NO4/c1-4-13-14-7-5-6-8-23-16(17-9-11(2)21(24)26-17)10-15(19(14)23)18-12(3)22(25)27-20(13)18/h11-20H,4-10H2,1-3H3/t11?,12?,13?,14-,15+,16?,17?,18+,19-,20+/m0/s1. The van der Waals surface area contributed by atoms with Crippen LogP contribution in [0.15, 0.2) is 0 Å². The molecule has 5 unspecified atom stereocenters. The van der Waals surface area contributed by atoms with Gasteiger partial charge in [-0.15, -0.1) is 0 Å². The molecule has 5 rings (SSSR count). The zero-order chi connectivity index (χ0) is 18.9. The minimum Gasteiger partial charge on any atom is -0.462 e. The highest BCUT2D eigenvalue weighted by Crippen LogP contribution is 2.57. The number of cyclic esters (lactones) is 1. The van der Waals surface area contributed by atoms with Crippen LogP contribution in [0.25, 0.3) is 0 Å². The van der Waals surface area contributed by atoms with Gasteiger partial charge >= 0.3 is 11.9 Å². The minimum atomic E-state index is -0.0294. The van der Waals surface area contributed by atoms with E-state index in [0.717, 1.165) is 25.8 Å². The van der Waals surface area contributed by atoms with Gasteiger partial charge < -0.3 is 9.47 Å². The summed E-state index contributed by atoms with van der Waals surface area (Å²) >= 11 is 0. The molecule has 5 nitrogen and oxygen atoms in total. The van der Waals surface area contributed by atoms with Crippen molar-refractivity contribution in [2.75, 3.05) is 6.54 Å². The lowest BCUT2D eigenvalue weighted by Crippen LogP contribution is -2.54. The van der Waals surface area contributed by atoms with Crippen molar-refractivity contribution in [3.05, 3.63) is 0 Å². The third kappa shape index (κ3) is 2.53. The van der Waals surface area contributed by atoms with Gasteiger partial charge in [-0.25, -0.2) is 0 Å². The quantitative estimate of drug-likeness (QED) is 0.695. The molecule has 5 heteroatoms. The van der Waals surface area contributed by atoms with Crippen molar-refractivity contribution in [3.8, 4) is 0 Å². The highest BCUT2D eigenvalue weighted by molar-refractivity contribution is 5.75. The summed E-state index contributed by atoms with van der Waals surface area (Å²) in [7, 11) is 0. The van der Waals surface area contributed by atoms with Crippen LogP contribution < -0.4 is 0 Å². The normalized spacial score (nSPS) is 52.1. The lowest BCUT2D eigenvalue weighted by Gasteiger charge is -2.48. The van der Waals surface area contributed by atoms with Crippen LogP contribution in [0.1, 0.15) is 59.3 Å². The smallest absolute Gasteiger partial charge is 0.309 e. The molecule has 5 fully saturated rings. The second kappa shape index (κ2) is 6.47. The zero-order valence-corrected chi connectivity index (χ0v) is 16.8. The van der Waals surface area contributed by atoms with E-state index in [1.807, 2.05) is 6.92 Å². The topological polar surface area (TPSA) is 55.8 Å². The van der Waals surface area contributed by atoms with Gasteiger partial charge in [0.1, 0.15) is 12.2 Å². The zero-order valence-electron chi connectivity index (χ0n) is 16.8. The van der Waals surface area contributed by atoms with Crippen LogP contribution in [0.5, 0.6) is 0 Å². The van der Waals surface area contributed by atoms with E-state index in [9.17, 15) is 9.59 Å². The Labute approximate surface area is 162 Å². The third-order valence-electron chi connectivity index (χ3n) is 8.61. The number of rotatable bonds is 2. The number of carbonyl (C=O) groups is 2. The lowest BCUT2D eigenvalue weighted by atomic mass is 9.60. The van der Waals surface area contributed by atoms with Gasteiger partial charge in [0.15, 0.2) is 0 Å². The maximum absolute atomic E-state index is 12.5. The van der Waals surface area contributed by atoms with Gasteiger partial charge in [0, 0.05) is 23.9 Å². The predicted octanol–water partition coefficient (Wildman–Crippen LogP) is 3.01. The second-order valence-corrected chi connectivity index (χ2v) is 9.81. The molecule has 4 aliphatic heterocycles. The van der Waals surface area contributed by atoms with E-state index in [-0.39, 0.29) is 36.0 Å². The Morgan fingerprint density at radius 2 is 1.85 bits per heavy atom. The molecule has 5 aliphatic rings. The van der Waals surface area contributed by atoms with Gasteiger partial charge in [-0.05, 0) is 50.5 Å². The molecule has 0 aromatic heterocycles. The Bertz CT molecular complexity index is 636. The van der Waals surface area contributed by atoms with E-state index in [1.54, 1.807) is 0 Å². The first-order valence-corrected chi connectivity index (χ1v) is 11.2. The largest absolute Gasteiger partial charge is 0.462 e. The number of fused-ring (bicyclic) bond motifs is 2. The van der Waals surface area contributed by atoms with Crippen LogP contribution in [0.4, 0.5) is 0 Å². The van der Waals surface area contributed by atoms with Crippen molar-refractivity contribution in [3.63, 3.8) is 0 Å². The van der Waals surface area contributed by atoms with E-state index in [2.05, 4.69) is 18.7 Å². The average molecular weight is 376 g/mol. The van der Waals surface area contributed by atoms with E-state index in [0.29, 0.717) is 35.8 Å². The average Bonchev–Trinajstić information content (AvgIpc) is 3.20. The Kier molecular flexibility index (Phi) is 4.30. The Balaban J connectivity index is 1.51. The number of nitrogens with zero attached hydrogens (tertiary/aromatic N) is 1. The van der Waals surface area contributed by atoms with Crippen molar-refractivity contribution < 1.29 is 19.1 Å². The molecule has 27 heavy (non-hydrogen) atoms. The molecule has 0 radical (unpaired) electrons. The second-order valence-electron chi connectivity index (χ2n) is 9.81. The van der Waals surface area contributed by atoms with Crippen molar-refractivity contribution in [1.29, 1.82) is 0 Å². The van der Waals surface area contributed by atoms with Crippen LogP contribution in [0.2, 0.25) is 0 Å². The van der Waals surface area contributed by atoms with Gasteiger partial charge in [0.25, 0.3) is 0 Å². The molecule has 0 bridgehead atoms. The highest BCUT2D eigenvalue weighted by Gasteiger charge is 2.63. The molecule has 10 atom stereocenters. The first-order chi connectivity index (χ1) is 13.0. The first kappa shape index (κ1) is 18.0. The molecule has 1 aliphatic carbocycles. The van der Waals surface area contributed by atoms with Gasteiger partial charge in [0.2, 0.25) is 0 Å². The third-order valence-corrected chi connectivity index (χ3v) is 8.61. The van der Waals surface area contributed by atoms with E-state index >= 15 is 0 Å². The summed E-state index contributed by atoms with van der Waals surface area (Å²) in [5, 5.41) is 0. The summed E-state index contributed by atoms with van der Waals surface area (Å²) in [5.74, 6) is 1.94. The Morgan fingerprint density at radius 3 is 2.56 bits per heavy atom. The highest BCUT2D eigenvalue weighted by atomic mass is 16.6. The van der Waals surface area contributed by atoms with Crippen molar-refractivity contribution in [2.24, 2.45) is 35.5 Å². The van der Waals surface area contributed by atoms with Crippen LogP contribution in [-0.4, -0.2) is 47.7 Å². The van der Waals surface area contributed by atoms with Crippen molar-refractivity contribution in [1.82, 2.24) is 4.90 Å². The van der Waals surface area contributed by atoms with E-state index in [4.69, 9.17) is 9.47 Å². The van der Waals surface area contributed by atoms with Crippen molar-refractivity contribution in [2.45, 2.75) is 83.6 Å². The molecule has 0 N–H and O–H groups in total. The fourth-order valence-corrected chi connectivity index (χ4v) is 7.48. The molecule has 0 aromatic rings. The molecule has 4 heterocycles. The summed E-state index contributed by atoms with van der Waals surface area (Å²) in [6, 6.07) is 0.865. The van der Waals surface area contributed by atoms with Crippen molar-refractivity contribution >= 4 is 11.9 Å². The first-order valence-electron chi connectivity index (χ1n) is 11.2. The van der Waals surface area contributed by atoms with Crippen LogP contribution in [0, 0.1) is 35.5 Å². The Morgan fingerprint density at radius 1 is 1.04 bits per heavy atom. The molecule has 0 amide bonds. The van der Waals surface area contributed by atoms with Crippen LogP contribution in [-0.2, 0) is 19.1 Å². The fraction of sp³-hybridized carbons (Fsp3) is 0.909. The summed E-state index contributed by atoms with van der Waals surface area (Å²) in [6.45, 7) is 7.44. The predicted molar refractivity (Wildman–Crippen MR) is 99.7 cm³/mol. The molecule has 150 valence electrons. The summed E-state index contributed by atoms with van der Waals surface area (Å²) in [4.78, 5) is 27.3. The summed E-state index contributed by atoms with van der Waals surface area (Å²) in [5.41, 5.74) is 0. The lowest BCUT2D eigenvalue weighted by molar-refractivity contribution is -0.148. The molecule has 1 saturated carbocycles. The minimum absolute atomic E-state index is 0.00362. The maximum Gasteiger partial charge on any atom is 0.309 e. The fourth-order valence-electron chi connectivity index (χ4n) is 7.48. The SMILES string of the molecule is CCC1[C@H]2OC(=O)C(C)[C@@H]2[C@H]2CC(C3CC(C)C(=O)O3)N3CCCC[C@@H]1[C@@H]23. The summed E-state index contributed by atoms with van der Waals surface area (Å²) < 4.78 is 11.8. The van der Waals surface area contributed by atoms with Gasteiger partial charge in [-0.2, -0.15) is 0 Å². The van der Waals surface area contributed by atoms with Crippen LogP contribution in [0.3, 0.4) is 0 Å².